The molecule has 2 rings (SSSR count). The number of aromatic nitrogens is 5. The van der Waals surface area contributed by atoms with Crippen LogP contribution >= 0.6 is 11.8 Å². The minimum Gasteiger partial charge on any atom is -0.395 e. The fraction of sp³-hybridized carbons (Fsp3) is 0.444. The zero-order valence-corrected chi connectivity index (χ0v) is 10.7. The van der Waals surface area contributed by atoms with Gasteiger partial charge >= 0.3 is 5.69 Å². The number of nitrogens with one attached hydrogen (secondary N) is 1. The summed E-state index contributed by atoms with van der Waals surface area (Å²) in [6, 6.07) is 0. The van der Waals surface area contributed by atoms with Crippen LogP contribution in [-0.4, -0.2) is 24.5 Å². The van der Waals surface area contributed by atoms with E-state index in [0.717, 1.165) is 17.1 Å². The first-order chi connectivity index (χ1) is 8.04. The van der Waals surface area contributed by atoms with Crippen LogP contribution in [0.3, 0.4) is 0 Å². The number of nitrogens with zero attached hydrogens (tertiary/aromatic N) is 4. The van der Waals surface area contributed by atoms with E-state index in [0.29, 0.717) is 10.8 Å². The predicted octanol–water partition coefficient (Wildman–Crippen LogP) is 0.138. The number of H-pyrrole nitrogens is 1. The van der Waals surface area contributed by atoms with Gasteiger partial charge in [0.25, 0.3) is 0 Å². The standard InChI is InChI=1S/C9H14N6OS/c1-4-5-6(10)7(15(3)13-5)17-9-12-11-8(16)14(9)2/h4,10H2,1-3H3,(H,11,16). The summed E-state index contributed by atoms with van der Waals surface area (Å²) < 4.78 is 3.14. The van der Waals surface area contributed by atoms with Gasteiger partial charge in [0, 0.05) is 14.1 Å². The van der Waals surface area contributed by atoms with E-state index in [2.05, 4.69) is 15.3 Å². The normalized spacial score (nSPS) is 11.0. The van der Waals surface area contributed by atoms with Crippen molar-refractivity contribution < 1.29 is 0 Å². The Morgan fingerprint density at radius 1 is 1.47 bits per heavy atom. The summed E-state index contributed by atoms with van der Waals surface area (Å²) in [5.74, 6) is 0. The monoisotopic (exact) mass is 254 g/mol. The van der Waals surface area contributed by atoms with E-state index in [1.807, 2.05) is 14.0 Å². The summed E-state index contributed by atoms with van der Waals surface area (Å²) in [5, 5.41) is 12.0. The van der Waals surface area contributed by atoms with Crippen LogP contribution in [0.25, 0.3) is 0 Å². The predicted molar refractivity (Wildman–Crippen MR) is 65.0 cm³/mol. The van der Waals surface area contributed by atoms with Crippen molar-refractivity contribution in [1.82, 2.24) is 24.5 Å². The molecule has 17 heavy (non-hydrogen) atoms. The summed E-state index contributed by atoms with van der Waals surface area (Å²) >= 11 is 1.32. The highest BCUT2D eigenvalue weighted by Gasteiger charge is 2.16. The molecule has 8 heteroatoms. The van der Waals surface area contributed by atoms with Crippen molar-refractivity contribution in [2.75, 3.05) is 5.73 Å². The number of rotatable bonds is 3. The summed E-state index contributed by atoms with van der Waals surface area (Å²) in [6.45, 7) is 2.00. The SMILES string of the molecule is CCc1nn(C)c(Sc2n[nH]c(=O)n2C)c1N. The second-order valence-electron chi connectivity index (χ2n) is 3.62. The van der Waals surface area contributed by atoms with Gasteiger partial charge in [0.05, 0.1) is 11.4 Å². The van der Waals surface area contributed by atoms with Gasteiger partial charge < -0.3 is 5.73 Å². The van der Waals surface area contributed by atoms with Gasteiger partial charge in [-0.25, -0.2) is 9.89 Å². The topological polar surface area (TPSA) is 94.5 Å². The Hall–Kier alpha value is -1.70. The first-order valence-corrected chi connectivity index (χ1v) is 5.96. The number of hydrogen-bond donors (Lipinski definition) is 2. The summed E-state index contributed by atoms with van der Waals surface area (Å²) in [4.78, 5) is 11.2. The Kier molecular flexibility index (Phi) is 2.97. The quantitative estimate of drug-likeness (QED) is 0.812. The third kappa shape index (κ3) is 1.95. The average Bonchev–Trinajstić information content (AvgIpc) is 2.76. The van der Waals surface area contributed by atoms with E-state index in [-0.39, 0.29) is 5.69 Å². The molecule has 0 bridgehead atoms. The first-order valence-electron chi connectivity index (χ1n) is 5.15. The van der Waals surface area contributed by atoms with Crippen LogP contribution in [0, 0.1) is 0 Å². The van der Waals surface area contributed by atoms with Gasteiger partial charge in [0.1, 0.15) is 5.03 Å². The van der Waals surface area contributed by atoms with Crippen LogP contribution in [0.2, 0.25) is 0 Å². The molecule has 0 aliphatic rings. The van der Waals surface area contributed by atoms with Crippen LogP contribution in [0.1, 0.15) is 12.6 Å². The largest absolute Gasteiger partial charge is 0.395 e. The minimum absolute atomic E-state index is 0.246. The minimum atomic E-state index is -0.246. The van der Waals surface area contributed by atoms with E-state index >= 15 is 0 Å². The van der Waals surface area contributed by atoms with Crippen molar-refractivity contribution in [2.24, 2.45) is 14.1 Å². The maximum absolute atomic E-state index is 11.2. The zero-order chi connectivity index (χ0) is 12.6. The van der Waals surface area contributed by atoms with Crippen molar-refractivity contribution in [3.63, 3.8) is 0 Å². The van der Waals surface area contributed by atoms with E-state index in [1.165, 1.54) is 16.3 Å². The van der Waals surface area contributed by atoms with Gasteiger partial charge in [-0.1, -0.05) is 6.92 Å². The van der Waals surface area contributed by atoms with Crippen molar-refractivity contribution >= 4 is 17.4 Å². The maximum Gasteiger partial charge on any atom is 0.343 e. The summed E-state index contributed by atoms with van der Waals surface area (Å²) in [6.07, 6.45) is 0.778. The lowest BCUT2D eigenvalue weighted by atomic mass is 10.3. The van der Waals surface area contributed by atoms with E-state index in [1.54, 1.807) is 11.7 Å². The Balaban J connectivity index is 2.39. The molecule has 0 aromatic carbocycles. The molecule has 0 atom stereocenters. The fourth-order valence-electron chi connectivity index (χ4n) is 1.47. The Morgan fingerprint density at radius 2 is 2.18 bits per heavy atom. The molecule has 0 aliphatic heterocycles. The Labute approximate surface area is 102 Å². The number of anilines is 1. The molecule has 0 saturated carbocycles. The first kappa shape index (κ1) is 11.8. The molecule has 2 aromatic rings. The molecule has 7 nitrogen and oxygen atoms in total. The lowest BCUT2D eigenvalue weighted by molar-refractivity contribution is 0.683. The van der Waals surface area contributed by atoms with Gasteiger partial charge in [0.2, 0.25) is 0 Å². The summed E-state index contributed by atoms with van der Waals surface area (Å²) in [7, 11) is 3.48. The van der Waals surface area contributed by atoms with Gasteiger partial charge in [0.15, 0.2) is 5.16 Å². The molecule has 0 unspecified atom stereocenters. The molecule has 0 saturated heterocycles. The van der Waals surface area contributed by atoms with Crippen LogP contribution in [0.15, 0.2) is 15.0 Å². The zero-order valence-electron chi connectivity index (χ0n) is 9.89. The van der Waals surface area contributed by atoms with Gasteiger partial charge in [-0.15, -0.1) is 5.10 Å². The lowest BCUT2D eigenvalue weighted by Gasteiger charge is -2.01. The average molecular weight is 254 g/mol. The number of nitrogens with two attached hydrogens (primary N) is 1. The van der Waals surface area contributed by atoms with Crippen molar-refractivity contribution in [2.45, 2.75) is 23.5 Å². The van der Waals surface area contributed by atoms with Gasteiger partial charge in [-0.05, 0) is 18.2 Å². The number of aryl methyl sites for hydroxylation is 2. The molecule has 0 fully saturated rings. The van der Waals surface area contributed by atoms with Crippen LogP contribution in [0.5, 0.6) is 0 Å². The lowest BCUT2D eigenvalue weighted by Crippen LogP contribution is -2.13. The second kappa shape index (κ2) is 4.28. The molecular formula is C9H14N6OS. The number of nitrogen functional groups attached to an aromatic ring is 1. The van der Waals surface area contributed by atoms with Crippen LogP contribution < -0.4 is 11.4 Å². The summed E-state index contributed by atoms with van der Waals surface area (Å²) in [5.41, 5.74) is 7.25. The molecule has 0 aliphatic carbocycles. The Morgan fingerprint density at radius 3 is 2.65 bits per heavy atom. The highest BCUT2D eigenvalue weighted by molar-refractivity contribution is 7.99. The maximum atomic E-state index is 11.2. The van der Waals surface area contributed by atoms with Crippen molar-refractivity contribution in [1.29, 1.82) is 0 Å². The van der Waals surface area contributed by atoms with Crippen molar-refractivity contribution in [3.05, 3.63) is 16.2 Å². The third-order valence-electron chi connectivity index (χ3n) is 2.47. The van der Waals surface area contributed by atoms with Gasteiger partial charge in [-0.3, -0.25) is 9.25 Å². The number of aromatic amines is 1. The van der Waals surface area contributed by atoms with Gasteiger partial charge in [-0.2, -0.15) is 5.10 Å². The van der Waals surface area contributed by atoms with Crippen molar-refractivity contribution in [3.8, 4) is 0 Å². The molecule has 2 heterocycles. The molecule has 0 spiro atoms. The Bertz CT molecular complexity index is 595. The van der Waals surface area contributed by atoms with E-state index in [9.17, 15) is 4.79 Å². The highest BCUT2D eigenvalue weighted by Crippen LogP contribution is 2.31. The number of hydrogen-bond acceptors (Lipinski definition) is 5. The third-order valence-corrected chi connectivity index (χ3v) is 3.69. The smallest absolute Gasteiger partial charge is 0.343 e. The molecule has 0 radical (unpaired) electrons. The molecular weight excluding hydrogens is 240 g/mol. The second-order valence-corrected chi connectivity index (χ2v) is 4.57. The molecule has 3 N–H and O–H groups in total. The fourth-order valence-corrected chi connectivity index (χ4v) is 2.36. The highest BCUT2D eigenvalue weighted by atomic mass is 32.2. The molecule has 2 aromatic heterocycles. The van der Waals surface area contributed by atoms with Crippen LogP contribution in [0.4, 0.5) is 5.69 Å². The van der Waals surface area contributed by atoms with E-state index in [4.69, 9.17) is 5.73 Å². The molecule has 92 valence electrons. The van der Waals surface area contributed by atoms with Crippen LogP contribution in [-0.2, 0) is 20.5 Å². The van der Waals surface area contributed by atoms with E-state index < -0.39 is 0 Å². The molecule has 0 amide bonds.